The zero-order chi connectivity index (χ0) is 17.6. The smallest absolute Gasteiger partial charge is 0.174 e. The number of ether oxygens (including phenoxy) is 3. The number of hydrogen-bond acceptors (Lipinski definition) is 6. The van der Waals surface area contributed by atoms with Gasteiger partial charge in [-0.05, 0) is 24.0 Å². The molecule has 3 aromatic rings. The highest BCUT2D eigenvalue weighted by Crippen LogP contribution is 2.33. The van der Waals surface area contributed by atoms with Crippen LogP contribution in [0.25, 0.3) is 16.9 Å². The molecular formula is C18H21N3O3S. The highest BCUT2D eigenvalue weighted by molar-refractivity contribution is 7.99. The minimum Gasteiger partial charge on any atom is -0.493 e. The van der Waals surface area contributed by atoms with E-state index in [0.717, 1.165) is 27.8 Å². The van der Waals surface area contributed by atoms with Gasteiger partial charge in [0.25, 0.3) is 0 Å². The Balaban J connectivity index is 1.96. The third-order valence-corrected chi connectivity index (χ3v) is 4.47. The maximum Gasteiger partial charge on any atom is 0.174 e. The summed E-state index contributed by atoms with van der Waals surface area (Å²) < 4.78 is 18.2. The Labute approximate surface area is 151 Å². The maximum absolute atomic E-state index is 5.69. The van der Waals surface area contributed by atoms with Gasteiger partial charge in [-0.15, -0.1) is 0 Å². The lowest BCUT2D eigenvalue weighted by atomic mass is 10.1. The topological polar surface area (TPSA) is 57.9 Å². The van der Waals surface area contributed by atoms with Crippen LogP contribution in [0.4, 0.5) is 0 Å². The van der Waals surface area contributed by atoms with Gasteiger partial charge in [0.05, 0.1) is 19.4 Å². The van der Waals surface area contributed by atoms with Crippen molar-refractivity contribution < 1.29 is 14.2 Å². The Bertz CT molecular complexity index is 851. The zero-order valence-electron chi connectivity index (χ0n) is 14.6. The number of hydrogen-bond donors (Lipinski definition) is 0. The van der Waals surface area contributed by atoms with Gasteiger partial charge in [-0.2, -0.15) is 0 Å². The van der Waals surface area contributed by atoms with E-state index >= 15 is 0 Å². The van der Waals surface area contributed by atoms with Gasteiger partial charge in [-0.1, -0.05) is 18.7 Å². The second kappa shape index (κ2) is 8.22. The second-order valence-electron chi connectivity index (χ2n) is 5.22. The molecule has 2 aromatic heterocycles. The Morgan fingerprint density at radius 3 is 2.76 bits per heavy atom. The summed E-state index contributed by atoms with van der Waals surface area (Å²) in [4.78, 5) is 9.18. The maximum atomic E-state index is 5.69. The molecule has 0 radical (unpaired) electrons. The third-order valence-electron chi connectivity index (χ3n) is 3.64. The summed E-state index contributed by atoms with van der Waals surface area (Å²) in [7, 11) is 3.28. The van der Waals surface area contributed by atoms with E-state index < -0.39 is 0 Å². The van der Waals surface area contributed by atoms with Crippen LogP contribution in [0.1, 0.15) is 6.92 Å². The van der Waals surface area contributed by atoms with Crippen molar-refractivity contribution in [1.29, 1.82) is 0 Å². The monoisotopic (exact) mass is 359 g/mol. The molecule has 0 aliphatic heterocycles. The summed E-state index contributed by atoms with van der Waals surface area (Å²) in [5, 5.41) is 0.923. The number of benzene rings is 1. The van der Waals surface area contributed by atoms with Crippen molar-refractivity contribution in [3.63, 3.8) is 0 Å². The fourth-order valence-electron chi connectivity index (χ4n) is 2.45. The normalized spacial score (nSPS) is 11.0. The number of rotatable bonds is 8. The van der Waals surface area contributed by atoms with Crippen LogP contribution in [-0.2, 0) is 4.74 Å². The molecule has 0 bridgehead atoms. The number of imidazole rings is 1. The molecule has 0 amide bonds. The lowest BCUT2D eigenvalue weighted by Gasteiger charge is -2.12. The summed E-state index contributed by atoms with van der Waals surface area (Å²) in [6, 6.07) is 7.78. The molecule has 0 aliphatic rings. The molecule has 0 unspecified atom stereocenters. The molecule has 132 valence electrons. The van der Waals surface area contributed by atoms with Gasteiger partial charge in [0.2, 0.25) is 0 Å². The zero-order valence-corrected chi connectivity index (χ0v) is 15.4. The molecule has 7 heteroatoms. The lowest BCUT2D eigenvalue weighted by molar-refractivity contribution is 0.144. The van der Waals surface area contributed by atoms with Crippen molar-refractivity contribution in [2.75, 3.05) is 33.2 Å². The van der Waals surface area contributed by atoms with Gasteiger partial charge in [-0.25, -0.2) is 9.97 Å². The average Bonchev–Trinajstić information content (AvgIpc) is 3.11. The van der Waals surface area contributed by atoms with E-state index in [2.05, 4.69) is 11.9 Å². The first-order chi connectivity index (χ1) is 12.3. The predicted molar refractivity (Wildman–Crippen MR) is 98.7 cm³/mol. The minimum absolute atomic E-state index is 0.474. The molecule has 0 fully saturated rings. The first-order valence-electron chi connectivity index (χ1n) is 8.04. The van der Waals surface area contributed by atoms with Crippen molar-refractivity contribution in [3.05, 3.63) is 36.7 Å². The van der Waals surface area contributed by atoms with Crippen molar-refractivity contribution >= 4 is 17.4 Å². The van der Waals surface area contributed by atoms with E-state index in [0.29, 0.717) is 24.7 Å². The van der Waals surface area contributed by atoms with Crippen LogP contribution >= 0.6 is 11.8 Å². The van der Waals surface area contributed by atoms with Gasteiger partial charge in [0.15, 0.2) is 16.7 Å². The van der Waals surface area contributed by atoms with E-state index in [-0.39, 0.29) is 0 Å². The standard InChI is InChI=1S/C18H21N3O3S/c1-4-25-18-20-14(12-17-19-7-8-21(17)18)13-5-6-15(16(11-13)23-3)24-10-9-22-2/h5-8,11-12H,4,9-10H2,1-3H3. The first kappa shape index (κ1) is 17.6. The Hall–Kier alpha value is -2.25. The van der Waals surface area contributed by atoms with E-state index in [1.807, 2.05) is 34.9 Å². The molecular weight excluding hydrogens is 338 g/mol. The van der Waals surface area contributed by atoms with Crippen molar-refractivity contribution in [2.45, 2.75) is 12.1 Å². The van der Waals surface area contributed by atoms with Gasteiger partial charge in [0, 0.05) is 31.1 Å². The largest absolute Gasteiger partial charge is 0.493 e. The van der Waals surface area contributed by atoms with E-state index in [4.69, 9.17) is 19.2 Å². The van der Waals surface area contributed by atoms with E-state index in [1.54, 1.807) is 32.2 Å². The van der Waals surface area contributed by atoms with Crippen molar-refractivity contribution in [2.24, 2.45) is 0 Å². The lowest BCUT2D eigenvalue weighted by Crippen LogP contribution is -2.05. The highest BCUT2D eigenvalue weighted by atomic mass is 32.2. The van der Waals surface area contributed by atoms with Crippen LogP contribution in [-0.4, -0.2) is 47.6 Å². The molecule has 2 heterocycles. The molecule has 3 rings (SSSR count). The van der Waals surface area contributed by atoms with Crippen LogP contribution in [0.3, 0.4) is 0 Å². The Morgan fingerprint density at radius 2 is 2.00 bits per heavy atom. The number of thioether (sulfide) groups is 1. The molecule has 1 aromatic carbocycles. The SMILES string of the molecule is CCSc1nc(-c2ccc(OCCOC)c(OC)c2)cc2nccn12. The van der Waals surface area contributed by atoms with Crippen LogP contribution in [0.2, 0.25) is 0 Å². The van der Waals surface area contributed by atoms with Gasteiger partial charge in [-0.3, -0.25) is 4.40 Å². The third kappa shape index (κ3) is 3.88. The molecule has 0 saturated heterocycles. The number of aromatic nitrogens is 3. The summed E-state index contributed by atoms with van der Waals surface area (Å²) in [6.07, 6.45) is 3.71. The summed E-state index contributed by atoms with van der Waals surface area (Å²) in [6.45, 7) is 3.11. The van der Waals surface area contributed by atoms with Crippen molar-refractivity contribution in [3.8, 4) is 22.8 Å². The molecule has 25 heavy (non-hydrogen) atoms. The molecule has 0 atom stereocenters. The van der Waals surface area contributed by atoms with Crippen LogP contribution in [0.5, 0.6) is 11.5 Å². The molecule has 0 aliphatic carbocycles. The number of fused-ring (bicyclic) bond motifs is 1. The number of nitrogens with zero attached hydrogens (tertiary/aromatic N) is 3. The minimum atomic E-state index is 0.474. The Morgan fingerprint density at radius 1 is 1.12 bits per heavy atom. The van der Waals surface area contributed by atoms with Gasteiger partial charge in [0.1, 0.15) is 12.3 Å². The Kier molecular flexibility index (Phi) is 5.78. The molecule has 0 N–H and O–H groups in total. The van der Waals surface area contributed by atoms with Gasteiger partial charge < -0.3 is 14.2 Å². The summed E-state index contributed by atoms with van der Waals surface area (Å²) in [5.74, 6) is 2.30. The van der Waals surface area contributed by atoms with Gasteiger partial charge >= 0.3 is 0 Å². The first-order valence-corrected chi connectivity index (χ1v) is 9.02. The quantitative estimate of drug-likeness (QED) is 0.348. The summed E-state index contributed by atoms with van der Waals surface area (Å²) >= 11 is 1.69. The average molecular weight is 359 g/mol. The van der Waals surface area contributed by atoms with Crippen LogP contribution in [0.15, 0.2) is 41.8 Å². The second-order valence-corrected chi connectivity index (χ2v) is 6.45. The fourth-order valence-corrected chi connectivity index (χ4v) is 3.17. The molecule has 6 nitrogen and oxygen atoms in total. The van der Waals surface area contributed by atoms with Crippen molar-refractivity contribution in [1.82, 2.24) is 14.4 Å². The summed E-state index contributed by atoms with van der Waals surface area (Å²) in [5.41, 5.74) is 2.69. The van der Waals surface area contributed by atoms with E-state index in [9.17, 15) is 0 Å². The van der Waals surface area contributed by atoms with Crippen LogP contribution < -0.4 is 9.47 Å². The predicted octanol–water partition coefficient (Wildman–Crippen LogP) is 3.54. The molecule has 0 saturated carbocycles. The fraction of sp³-hybridized carbons (Fsp3) is 0.333. The van der Waals surface area contributed by atoms with Crippen LogP contribution in [0, 0.1) is 0 Å². The highest BCUT2D eigenvalue weighted by Gasteiger charge is 2.12. The molecule has 0 spiro atoms. The van der Waals surface area contributed by atoms with E-state index in [1.165, 1.54) is 0 Å². The number of methoxy groups -OCH3 is 2.